The summed E-state index contributed by atoms with van der Waals surface area (Å²) in [5.41, 5.74) is 0. The van der Waals surface area contributed by atoms with Crippen molar-refractivity contribution in [3.05, 3.63) is 29.3 Å². The molecular formula is C15H19ClN2O3. The summed E-state index contributed by atoms with van der Waals surface area (Å²) >= 11 is 5.75. The van der Waals surface area contributed by atoms with E-state index in [0.717, 1.165) is 25.7 Å². The minimum absolute atomic E-state index is 0.0146. The Balaban J connectivity index is 1.62. The molecule has 0 aliphatic heterocycles. The van der Waals surface area contributed by atoms with Crippen LogP contribution < -0.4 is 15.4 Å². The lowest BCUT2D eigenvalue weighted by Gasteiger charge is -2.12. The van der Waals surface area contributed by atoms with Gasteiger partial charge in [0.2, 0.25) is 5.91 Å². The maximum absolute atomic E-state index is 11.6. The van der Waals surface area contributed by atoms with Crippen molar-refractivity contribution in [2.45, 2.75) is 31.7 Å². The van der Waals surface area contributed by atoms with Gasteiger partial charge in [-0.15, -0.1) is 0 Å². The number of carbonyl (C=O) groups excluding carboxylic acids is 2. The molecule has 6 heteroatoms. The second kappa shape index (κ2) is 7.88. The van der Waals surface area contributed by atoms with Crippen LogP contribution in [0.2, 0.25) is 5.02 Å². The maximum atomic E-state index is 11.6. The molecule has 0 saturated heterocycles. The molecule has 114 valence electrons. The van der Waals surface area contributed by atoms with Crippen LogP contribution in [0.1, 0.15) is 25.7 Å². The van der Waals surface area contributed by atoms with Crippen LogP contribution in [-0.2, 0) is 9.59 Å². The summed E-state index contributed by atoms with van der Waals surface area (Å²) in [5.74, 6) is 0.0817. The molecule has 5 nitrogen and oxygen atoms in total. The average molecular weight is 311 g/mol. The largest absolute Gasteiger partial charge is 0.484 e. The van der Waals surface area contributed by atoms with Crippen molar-refractivity contribution in [1.82, 2.24) is 10.6 Å². The highest BCUT2D eigenvalue weighted by Crippen LogP contribution is 2.17. The first-order chi connectivity index (χ1) is 10.1. The van der Waals surface area contributed by atoms with Crippen molar-refractivity contribution in [1.29, 1.82) is 0 Å². The third-order valence-electron chi connectivity index (χ3n) is 3.35. The van der Waals surface area contributed by atoms with Gasteiger partial charge in [-0.2, -0.15) is 0 Å². The summed E-state index contributed by atoms with van der Waals surface area (Å²) in [7, 11) is 0. The van der Waals surface area contributed by atoms with Crippen LogP contribution in [-0.4, -0.2) is 31.0 Å². The Morgan fingerprint density at radius 3 is 2.48 bits per heavy atom. The summed E-state index contributed by atoms with van der Waals surface area (Å²) in [5, 5.41) is 6.05. The topological polar surface area (TPSA) is 67.4 Å². The van der Waals surface area contributed by atoms with Crippen LogP contribution in [0.15, 0.2) is 24.3 Å². The molecule has 2 rings (SSSR count). The van der Waals surface area contributed by atoms with Gasteiger partial charge in [0.25, 0.3) is 5.91 Å². The van der Waals surface area contributed by atoms with Gasteiger partial charge in [0.05, 0.1) is 6.54 Å². The highest BCUT2D eigenvalue weighted by Gasteiger charge is 2.17. The molecule has 0 spiro atoms. The standard InChI is InChI=1S/C15H19ClN2O3/c16-11-5-7-13(8-6-11)21-10-15(20)17-9-14(19)18-12-3-1-2-4-12/h5-8,12H,1-4,9-10H2,(H,17,20)(H,18,19). The van der Waals surface area contributed by atoms with E-state index in [1.54, 1.807) is 24.3 Å². The minimum atomic E-state index is -0.327. The normalized spacial score (nSPS) is 14.7. The second-order valence-electron chi connectivity index (χ2n) is 5.07. The SMILES string of the molecule is O=C(COc1ccc(Cl)cc1)NCC(=O)NC1CCCC1. The number of hydrogen-bond donors (Lipinski definition) is 2. The predicted octanol–water partition coefficient (Wildman–Crippen LogP) is 1.89. The van der Waals surface area contributed by atoms with Gasteiger partial charge in [0.1, 0.15) is 5.75 Å². The van der Waals surface area contributed by atoms with Crippen LogP contribution in [0, 0.1) is 0 Å². The summed E-state index contributed by atoms with van der Waals surface area (Å²) < 4.78 is 5.29. The number of amides is 2. The van der Waals surface area contributed by atoms with E-state index >= 15 is 0 Å². The van der Waals surface area contributed by atoms with Crippen molar-refractivity contribution >= 4 is 23.4 Å². The molecule has 0 atom stereocenters. The Labute approximate surface area is 129 Å². The average Bonchev–Trinajstić information content (AvgIpc) is 2.97. The van der Waals surface area contributed by atoms with Gasteiger partial charge in [-0.05, 0) is 37.1 Å². The number of ether oxygens (including phenoxy) is 1. The number of hydrogen-bond acceptors (Lipinski definition) is 3. The molecule has 0 bridgehead atoms. The van der Waals surface area contributed by atoms with Gasteiger partial charge in [0.15, 0.2) is 6.61 Å². The van der Waals surface area contributed by atoms with Gasteiger partial charge >= 0.3 is 0 Å². The molecule has 1 fully saturated rings. The van der Waals surface area contributed by atoms with Crippen molar-refractivity contribution in [2.24, 2.45) is 0 Å². The van der Waals surface area contributed by atoms with Crippen LogP contribution >= 0.6 is 11.6 Å². The van der Waals surface area contributed by atoms with E-state index in [2.05, 4.69) is 10.6 Å². The third-order valence-corrected chi connectivity index (χ3v) is 3.60. The Bertz CT molecular complexity index is 484. The van der Waals surface area contributed by atoms with Crippen LogP contribution in [0.4, 0.5) is 0 Å². The lowest BCUT2D eigenvalue weighted by molar-refractivity contribution is -0.127. The summed E-state index contributed by atoms with van der Waals surface area (Å²) in [4.78, 5) is 23.2. The van der Waals surface area contributed by atoms with Gasteiger partial charge in [-0.1, -0.05) is 24.4 Å². The van der Waals surface area contributed by atoms with Gasteiger partial charge in [-0.3, -0.25) is 9.59 Å². The van der Waals surface area contributed by atoms with Crippen molar-refractivity contribution in [3.63, 3.8) is 0 Å². The smallest absolute Gasteiger partial charge is 0.258 e. The second-order valence-corrected chi connectivity index (χ2v) is 5.50. The zero-order valence-electron chi connectivity index (χ0n) is 11.7. The van der Waals surface area contributed by atoms with E-state index < -0.39 is 0 Å². The Morgan fingerprint density at radius 1 is 1.14 bits per heavy atom. The molecule has 1 aromatic rings. The predicted molar refractivity (Wildman–Crippen MR) is 80.4 cm³/mol. The van der Waals surface area contributed by atoms with E-state index in [9.17, 15) is 9.59 Å². The maximum Gasteiger partial charge on any atom is 0.258 e. The fourth-order valence-corrected chi connectivity index (χ4v) is 2.38. The Morgan fingerprint density at radius 2 is 1.81 bits per heavy atom. The molecule has 1 saturated carbocycles. The van der Waals surface area contributed by atoms with Crippen molar-refractivity contribution < 1.29 is 14.3 Å². The van der Waals surface area contributed by atoms with Gasteiger partial charge in [0, 0.05) is 11.1 Å². The highest BCUT2D eigenvalue weighted by atomic mass is 35.5. The molecule has 0 aromatic heterocycles. The first-order valence-electron chi connectivity index (χ1n) is 7.08. The van der Waals surface area contributed by atoms with Gasteiger partial charge < -0.3 is 15.4 Å². The highest BCUT2D eigenvalue weighted by molar-refractivity contribution is 6.30. The van der Waals surface area contributed by atoms with Crippen LogP contribution in [0.25, 0.3) is 0 Å². The number of carbonyl (C=O) groups is 2. The van der Waals surface area contributed by atoms with E-state index in [0.29, 0.717) is 10.8 Å². The van der Waals surface area contributed by atoms with E-state index in [1.165, 1.54) is 0 Å². The fraction of sp³-hybridized carbons (Fsp3) is 0.467. The van der Waals surface area contributed by atoms with Crippen molar-refractivity contribution in [3.8, 4) is 5.75 Å². The summed E-state index contributed by atoms with van der Waals surface area (Å²) in [6, 6.07) is 7.00. The monoisotopic (exact) mass is 310 g/mol. The summed E-state index contributed by atoms with van der Waals surface area (Å²) in [6.45, 7) is -0.141. The molecule has 1 aliphatic carbocycles. The van der Waals surface area contributed by atoms with E-state index in [1.807, 2.05) is 0 Å². The molecular weight excluding hydrogens is 292 g/mol. The van der Waals surface area contributed by atoms with E-state index in [-0.39, 0.29) is 31.0 Å². The lowest BCUT2D eigenvalue weighted by atomic mass is 10.2. The number of benzene rings is 1. The van der Waals surface area contributed by atoms with Gasteiger partial charge in [-0.25, -0.2) is 0 Å². The third kappa shape index (κ3) is 5.63. The molecule has 0 heterocycles. The molecule has 2 amide bonds. The minimum Gasteiger partial charge on any atom is -0.484 e. The van der Waals surface area contributed by atoms with Crippen LogP contribution in [0.3, 0.4) is 0 Å². The first-order valence-corrected chi connectivity index (χ1v) is 7.46. The fourth-order valence-electron chi connectivity index (χ4n) is 2.26. The Hall–Kier alpha value is -1.75. The van der Waals surface area contributed by atoms with Crippen molar-refractivity contribution in [2.75, 3.05) is 13.2 Å². The molecule has 0 radical (unpaired) electrons. The molecule has 1 aromatic carbocycles. The zero-order chi connectivity index (χ0) is 15.1. The molecule has 21 heavy (non-hydrogen) atoms. The lowest BCUT2D eigenvalue weighted by Crippen LogP contribution is -2.42. The zero-order valence-corrected chi connectivity index (χ0v) is 12.5. The number of rotatable bonds is 6. The quantitative estimate of drug-likeness (QED) is 0.843. The van der Waals surface area contributed by atoms with Crippen LogP contribution in [0.5, 0.6) is 5.75 Å². The molecule has 2 N–H and O–H groups in total. The van der Waals surface area contributed by atoms with E-state index in [4.69, 9.17) is 16.3 Å². The Kier molecular flexibility index (Phi) is 5.87. The molecule has 1 aliphatic rings. The number of halogens is 1. The summed E-state index contributed by atoms with van der Waals surface area (Å²) in [6.07, 6.45) is 4.37. The number of nitrogens with one attached hydrogen (secondary N) is 2. The first kappa shape index (κ1) is 15.6. The molecule has 0 unspecified atom stereocenters.